The van der Waals surface area contributed by atoms with Crippen molar-refractivity contribution in [2.45, 2.75) is 39.2 Å². The molecule has 0 radical (unpaired) electrons. The summed E-state index contributed by atoms with van der Waals surface area (Å²) in [5.41, 5.74) is 0. The zero-order valence-electron chi connectivity index (χ0n) is 9.27. The van der Waals surface area contributed by atoms with Crippen molar-refractivity contribution in [2.75, 3.05) is 0 Å². The van der Waals surface area contributed by atoms with Gasteiger partial charge in [-0.15, -0.1) is 0 Å². The number of rotatable bonds is 2. The van der Waals surface area contributed by atoms with E-state index in [2.05, 4.69) is 13.8 Å². The fourth-order valence-corrected chi connectivity index (χ4v) is 2.68. The molecule has 1 fully saturated rings. The van der Waals surface area contributed by atoms with Crippen molar-refractivity contribution in [1.29, 1.82) is 0 Å². The number of amides is 1. The van der Waals surface area contributed by atoms with Crippen LogP contribution in [0.1, 0.15) is 33.1 Å². The second-order valence-corrected chi connectivity index (χ2v) is 6.78. The maximum atomic E-state index is 11.1. The van der Waals surface area contributed by atoms with Crippen molar-refractivity contribution in [3.8, 4) is 0 Å². The summed E-state index contributed by atoms with van der Waals surface area (Å²) in [4.78, 5) is 11.1. The van der Waals surface area contributed by atoms with E-state index >= 15 is 0 Å². The summed E-state index contributed by atoms with van der Waals surface area (Å²) in [5, 5.41) is 0. The molecule has 2 unspecified atom stereocenters. The van der Waals surface area contributed by atoms with Crippen LogP contribution < -0.4 is 4.72 Å². The van der Waals surface area contributed by atoms with Crippen molar-refractivity contribution in [3.63, 3.8) is 0 Å². The van der Waals surface area contributed by atoms with Crippen LogP contribution in [0.25, 0.3) is 0 Å². The molecule has 0 spiro atoms. The van der Waals surface area contributed by atoms with Crippen LogP contribution in [-0.4, -0.2) is 20.6 Å². The van der Waals surface area contributed by atoms with E-state index in [1.165, 1.54) is 0 Å². The van der Waals surface area contributed by atoms with E-state index in [0.29, 0.717) is 11.8 Å². The fourth-order valence-electron chi connectivity index (χ4n) is 2.24. The molecule has 2 atom stereocenters. The summed E-state index contributed by atoms with van der Waals surface area (Å²) in [6.07, 6.45) is 1.41. The minimum atomic E-state index is -4.05. The third-order valence-electron chi connectivity index (χ3n) is 2.61. The molecule has 0 heterocycles. The molecule has 7 heteroatoms. The van der Waals surface area contributed by atoms with Gasteiger partial charge in [0.05, 0.1) is 0 Å². The first kappa shape index (κ1) is 13.6. The largest absolute Gasteiger partial charge is 0.446 e. The molecule has 1 aliphatic rings. The Bertz CT molecular complexity index is 347. The molecule has 0 aromatic heterocycles. The van der Waals surface area contributed by atoms with Crippen molar-refractivity contribution in [1.82, 2.24) is 4.72 Å². The van der Waals surface area contributed by atoms with Crippen molar-refractivity contribution >= 4 is 26.0 Å². The fraction of sp³-hybridized carbons (Fsp3) is 0.889. The van der Waals surface area contributed by atoms with Crippen molar-refractivity contribution < 1.29 is 17.9 Å². The molecule has 0 aromatic carbocycles. The molecule has 1 aliphatic carbocycles. The Hall–Kier alpha value is -0.490. The van der Waals surface area contributed by atoms with Gasteiger partial charge >= 0.3 is 15.3 Å². The lowest BCUT2D eigenvalue weighted by Crippen LogP contribution is -2.34. The minimum Gasteiger partial charge on any atom is -0.446 e. The average molecular weight is 270 g/mol. The van der Waals surface area contributed by atoms with Crippen LogP contribution in [0.2, 0.25) is 0 Å². The van der Waals surface area contributed by atoms with E-state index in [4.69, 9.17) is 15.4 Å². The van der Waals surface area contributed by atoms with Crippen molar-refractivity contribution in [3.05, 3.63) is 0 Å². The quantitative estimate of drug-likeness (QED) is 0.779. The third-order valence-corrected chi connectivity index (χ3v) is 3.26. The topological polar surface area (TPSA) is 72.5 Å². The number of ether oxygens (including phenoxy) is 1. The first-order chi connectivity index (χ1) is 7.26. The van der Waals surface area contributed by atoms with Crippen LogP contribution in [0.3, 0.4) is 0 Å². The van der Waals surface area contributed by atoms with Gasteiger partial charge in [0, 0.05) is 10.7 Å². The highest BCUT2D eigenvalue weighted by Crippen LogP contribution is 2.30. The SMILES string of the molecule is CC1CC(C)CC(OC(=O)NS(=O)(=O)Cl)C1. The van der Waals surface area contributed by atoms with Gasteiger partial charge in [0.25, 0.3) is 0 Å². The predicted octanol–water partition coefficient (Wildman–Crippen LogP) is 2.02. The highest BCUT2D eigenvalue weighted by atomic mass is 35.7. The van der Waals surface area contributed by atoms with Gasteiger partial charge in [-0.05, 0) is 31.1 Å². The smallest absolute Gasteiger partial charge is 0.422 e. The Balaban J connectivity index is 2.45. The molecule has 0 aliphatic heterocycles. The summed E-state index contributed by atoms with van der Waals surface area (Å²) in [5.74, 6) is 0.961. The Morgan fingerprint density at radius 3 is 2.19 bits per heavy atom. The monoisotopic (exact) mass is 269 g/mol. The zero-order chi connectivity index (χ0) is 12.3. The molecule has 1 rings (SSSR count). The molecular weight excluding hydrogens is 254 g/mol. The molecule has 16 heavy (non-hydrogen) atoms. The average Bonchev–Trinajstić information content (AvgIpc) is 1.96. The Kier molecular flexibility index (Phi) is 4.43. The van der Waals surface area contributed by atoms with Crippen molar-refractivity contribution in [2.24, 2.45) is 11.8 Å². The molecule has 1 amide bonds. The van der Waals surface area contributed by atoms with E-state index in [0.717, 1.165) is 19.3 Å². The number of carbonyl (C=O) groups excluding carboxylic acids is 1. The summed E-state index contributed by atoms with van der Waals surface area (Å²) >= 11 is 0. The van der Waals surface area contributed by atoms with Gasteiger partial charge in [-0.2, -0.15) is 8.42 Å². The van der Waals surface area contributed by atoms with Gasteiger partial charge in [-0.1, -0.05) is 13.8 Å². The van der Waals surface area contributed by atoms with Gasteiger partial charge in [0.1, 0.15) is 6.10 Å². The normalized spacial score (nSPS) is 30.8. The number of nitrogens with one attached hydrogen (secondary N) is 1. The number of carbonyl (C=O) groups is 1. The molecule has 94 valence electrons. The Labute approximate surface area is 100 Å². The van der Waals surface area contributed by atoms with E-state index in [1.54, 1.807) is 4.72 Å². The van der Waals surface area contributed by atoms with Gasteiger partial charge in [0.15, 0.2) is 0 Å². The highest BCUT2D eigenvalue weighted by Gasteiger charge is 2.27. The number of hydrogen-bond acceptors (Lipinski definition) is 4. The van der Waals surface area contributed by atoms with E-state index in [-0.39, 0.29) is 6.10 Å². The lowest BCUT2D eigenvalue weighted by atomic mass is 9.82. The lowest BCUT2D eigenvalue weighted by molar-refractivity contribution is 0.0503. The summed E-state index contributed by atoms with van der Waals surface area (Å²) in [7, 11) is 0.810. The molecule has 0 saturated heterocycles. The predicted molar refractivity (Wildman–Crippen MR) is 60.4 cm³/mol. The zero-order valence-corrected chi connectivity index (χ0v) is 10.8. The van der Waals surface area contributed by atoms with Crippen LogP contribution in [-0.2, 0) is 14.0 Å². The Morgan fingerprint density at radius 2 is 1.75 bits per heavy atom. The standard InChI is InChI=1S/C9H16ClNO4S/c1-6-3-7(2)5-8(4-6)15-9(12)11-16(10,13)14/h6-8H,3-5H2,1-2H3,(H,11,12). The van der Waals surface area contributed by atoms with Crippen LogP contribution in [0.4, 0.5) is 4.79 Å². The maximum absolute atomic E-state index is 11.1. The summed E-state index contributed by atoms with van der Waals surface area (Å²) in [6, 6.07) is 0. The maximum Gasteiger partial charge on any atom is 0.422 e. The van der Waals surface area contributed by atoms with Gasteiger partial charge < -0.3 is 4.74 Å². The van der Waals surface area contributed by atoms with E-state index in [9.17, 15) is 13.2 Å². The third kappa shape index (κ3) is 5.03. The van der Waals surface area contributed by atoms with Crippen LogP contribution in [0, 0.1) is 11.8 Å². The molecule has 1 saturated carbocycles. The molecular formula is C9H16ClNO4S. The van der Waals surface area contributed by atoms with Gasteiger partial charge in [0.2, 0.25) is 0 Å². The molecule has 1 N–H and O–H groups in total. The molecule has 0 bridgehead atoms. The summed E-state index contributed by atoms with van der Waals surface area (Å²) < 4.78 is 27.7. The number of hydrogen-bond donors (Lipinski definition) is 1. The number of halogens is 1. The second-order valence-electron chi connectivity index (χ2n) is 4.48. The second kappa shape index (κ2) is 5.23. The minimum absolute atomic E-state index is 0.225. The van der Waals surface area contributed by atoms with Gasteiger partial charge in [-0.3, -0.25) is 0 Å². The summed E-state index contributed by atoms with van der Waals surface area (Å²) in [6.45, 7) is 4.17. The van der Waals surface area contributed by atoms with Crippen LogP contribution >= 0.6 is 10.7 Å². The van der Waals surface area contributed by atoms with E-state index < -0.39 is 15.3 Å². The van der Waals surface area contributed by atoms with Crippen LogP contribution in [0.5, 0.6) is 0 Å². The Morgan fingerprint density at radius 1 is 1.25 bits per heavy atom. The molecule has 5 nitrogen and oxygen atoms in total. The molecule has 0 aromatic rings. The first-order valence-corrected chi connectivity index (χ1v) is 7.50. The first-order valence-electron chi connectivity index (χ1n) is 5.19. The van der Waals surface area contributed by atoms with E-state index in [1.807, 2.05) is 0 Å². The highest BCUT2D eigenvalue weighted by molar-refractivity contribution is 8.12. The van der Waals surface area contributed by atoms with Gasteiger partial charge in [-0.25, -0.2) is 9.52 Å². The van der Waals surface area contributed by atoms with Crippen LogP contribution in [0.15, 0.2) is 0 Å². The lowest BCUT2D eigenvalue weighted by Gasteiger charge is -2.30.